The number of nitrogens with zero attached hydrogens (tertiary/aromatic N) is 3. The van der Waals surface area contributed by atoms with Crippen molar-refractivity contribution >= 4 is 59.9 Å². The fraction of sp³-hybridized carbons (Fsp3) is 0.182. The van der Waals surface area contributed by atoms with Gasteiger partial charge < -0.3 is 14.5 Å². The summed E-state index contributed by atoms with van der Waals surface area (Å²) in [5.41, 5.74) is 5.76. The normalized spacial score (nSPS) is 14.9. The van der Waals surface area contributed by atoms with E-state index in [-0.39, 0.29) is 12.1 Å². The largest absolute Gasteiger partial charge is 0.447 e. The zero-order valence-corrected chi connectivity index (χ0v) is 23.6. The topological polar surface area (TPSA) is 28.6 Å². The van der Waals surface area contributed by atoms with E-state index in [2.05, 4.69) is 56.5 Å². The van der Waals surface area contributed by atoms with Crippen LogP contribution in [0.1, 0.15) is 30.4 Å². The summed E-state index contributed by atoms with van der Waals surface area (Å²) in [5, 5.41) is 5.27. The van der Waals surface area contributed by atoms with Crippen molar-refractivity contribution in [2.24, 2.45) is 0 Å². The number of anilines is 3. The Morgan fingerprint density at radius 1 is 0.923 bits per heavy atom. The summed E-state index contributed by atoms with van der Waals surface area (Å²) in [5.74, 6) is 0.694. The Bertz CT molecular complexity index is 1950. The summed E-state index contributed by atoms with van der Waals surface area (Å²) in [4.78, 5) is 8.24. The van der Waals surface area contributed by atoms with Crippen molar-refractivity contribution in [2.45, 2.75) is 26.2 Å². The standard InChI is InChI=1S/C33H29N3OS2/c1-33(2,3)21-12-14-34-27(16-21)25-18-30-24(13-15-38-30)32-26(25)19-31(39-32)37-23-9-7-8-22(17-23)36-20-35(4)28-10-5-6-11-29(28)36/h5-19H,20H2,1-4H3/i4D3. The second-order valence-electron chi connectivity index (χ2n) is 10.8. The Labute approximate surface area is 240 Å². The minimum absolute atomic E-state index is 0.0220. The SMILES string of the molecule is [2H]C([2H])([2H])N1CN(c2cccc(Oc3cc4c(-c5cc(C(C)(C)C)ccn5)cc5sccc5c4s3)c2)c2ccccc21. The summed E-state index contributed by atoms with van der Waals surface area (Å²) in [6, 6.07) is 26.3. The second kappa shape index (κ2) is 9.11. The third-order valence-electron chi connectivity index (χ3n) is 7.21. The van der Waals surface area contributed by atoms with Crippen LogP contribution in [0.4, 0.5) is 17.1 Å². The third kappa shape index (κ3) is 4.24. The fourth-order valence-corrected chi connectivity index (χ4v) is 7.15. The van der Waals surface area contributed by atoms with Crippen molar-refractivity contribution in [3.63, 3.8) is 0 Å². The first-order valence-corrected chi connectivity index (χ1v) is 14.6. The van der Waals surface area contributed by atoms with Gasteiger partial charge in [0.2, 0.25) is 0 Å². The van der Waals surface area contributed by atoms with Crippen LogP contribution in [0.3, 0.4) is 0 Å². The highest BCUT2D eigenvalue weighted by atomic mass is 32.1. The van der Waals surface area contributed by atoms with Gasteiger partial charge in [-0.3, -0.25) is 4.98 Å². The van der Waals surface area contributed by atoms with Gasteiger partial charge in [-0.05, 0) is 64.9 Å². The smallest absolute Gasteiger partial charge is 0.182 e. The van der Waals surface area contributed by atoms with Crippen LogP contribution >= 0.6 is 22.7 Å². The highest BCUT2D eigenvalue weighted by molar-refractivity contribution is 7.23. The zero-order chi connectivity index (χ0) is 29.2. The zero-order valence-electron chi connectivity index (χ0n) is 24.9. The number of hydrogen-bond donors (Lipinski definition) is 0. The van der Waals surface area contributed by atoms with Crippen molar-refractivity contribution in [1.82, 2.24) is 4.98 Å². The van der Waals surface area contributed by atoms with E-state index in [1.807, 2.05) is 59.6 Å². The third-order valence-corrected chi connectivity index (χ3v) is 9.12. The molecule has 39 heavy (non-hydrogen) atoms. The van der Waals surface area contributed by atoms with Crippen LogP contribution in [-0.2, 0) is 5.41 Å². The molecule has 0 aliphatic carbocycles. The minimum Gasteiger partial charge on any atom is -0.447 e. The minimum atomic E-state index is -2.23. The monoisotopic (exact) mass is 550 g/mol. The number of para-hydroxylation sites is 2. The van der Waals surface area contributed by atoms with E-state index in [0.717, 1.165) is 33.1 Å². The molecule has 0 N–H and O–H groups in total. The van der Waals surface area contributed by atoms with E-state index >= 15 is 0 Å². The van der Waals surface area contributed by atoms with E-state index in [4.69, 9.17) is 13.8 Å². The molecule has 4 heterocycles. The van der Waals surface area contributed by atoms with Gasteiger partial charge >= 0.3 is 0 Å². The van der Waals surface area contributed by atoms with E-state index < -0.39 is 6.98 Å². The molecule has 0 atom stereocenters. The Morgan fingerprint density at radius 2 is 1.79 bits per heavy atom. The molecule has 0 radical (unpaired) electrons. The number of ether oxygens (including phenoxy) is 1. The maximum absolute atomic E-state index is 8.03. The predicted molar refractivity (Wildman–Crippen MR) is 168 cm³/mol. The van der Waals surface area contributed by atoms with Gasteiger partial charge in [0, 0.05) is 60.8 Å². The maximum Gasteiger partial charge on any atom is 0.182 e. The van der Waals surface area contributed by atoms with Crippen LogP contribution in [0, 0.1) is 0 Å². The fourth-order valence-electron chi connectivity index (χ4n) is 5.17. The van der Waals surface area contributed by atoms with Gasteiger partial charge in [0.25, 0.3) is 0 Å². The van der Waals surface area contributed by atoms with E-state index in [1.165, 1.54) is 25.2 Å². The van der Waals surface area contributed by atoms with Crippen molar-refractivity contribution in [3.05, 3.63) is 96.0 Å². The molecule has 1 aliphatic heterocycles. The first-order chi connectivity index (χ1) is 20.1. The molecule has 0 fully saturated rings. The van der Waals surface area contributed by atoms with Crippen LogP contribution in [0.15, 0.2) is 90.4 Å². The number of aromatic nitrogens is 1. The number of benzene rings is 3. The van der Waals surface area contributed by atoms with E-state index in [0.29, 0.717) is 11.4 Å². The van der Waals surface area contributed by atoms with Crippen molar-refractivity contribution in [2.75, 3.05) is 23.4 Å². The summed E-state index contributed by atoms with van der Waals surface area (Å²) >= 11 is 3.37. The second-order valence-corrected chi connectivity index (χ2v) is 12.8. The number of fused-ring (bicyclic) bond motifs is 4. The van der Waals surface area contributed by atoms with Gasteiger partial charge in [-0.25, -0.2) is 0 Å². The molecule has 0 saturated heterocycles. The molecular weight excluding hydrogens is 519 g/mol. The van der Waals surface area contributed by atoms with Gasteiger partial charge in [0.05, 0.1) is 23.7 Å². The number of thiophene rings is 2. The Hall–Kier alpha value is -3.87. The molecule has 7 rings (SSSR count). The van der Waals surface area contributed by atoms with Gasteiger partial charge in [0.15, 0.2) is 5.06 Å². The molecule has 3 aromatic heterocycles. The molecule has 6 aromatic rings. The van der Waals surface area contributed by atoms with Gasteiger partial charge in [-0.15, -0.1) is 11.3 Å². The summed E-state index contributed by atoms with van der Waals surface area (Å²) in [7, 11) is 0. The first kappa shape index (κ1) is 21.0. The molecule has 0 spiro atoms. The molecule has 3 aromatic carbocycles. The molecule has 194 valence electrons. The molecule has 4 nitrogen and oxygen atoms in total. The summed E-state index contributed by atoms with van der Waals surface area (Å²) in [6.45, 7) is 4.66. The molecule has 6 heteroatoms. The average molecular weight is 551 g/mol. The molecule has 1 aliphatic rings. The highest BCUT2D eigenvalue weighted by Gasteiger charge is 2.24. The quantitative estimate of drug-likeness (QED) is 0.218. The van der Waals surface area contributed by atoms with Crippen LogP contribution in [-0.4, -0.2) is 18.6 Å². The lowest BCUT2D eigenvalue weighted by Gasteiger charge is -2.20. The molecular formula is C33H29N3OS2. The van der Waals surface area contributed by atoms with Crippen LogP contribution < -0.4 is 14.5 Å². The Balaban J connectivity index is 1.26. The van der Waals surface area contributed by atoms with Crippen LogP contribution in [0.25, 0.3) is 31.4 Å². The van der Waals surface area contributed by atoms with Gasteiger partial charge in [0.1, 0.15) is 5.75 Å². The maximum atomic E-state index is 8.03. The van der Waals surface area contributed by atoms with Crippen molar-refractivity contribution < 1.29 is 8.85 Å². The highest BCUT2D eigenvalue weighted by Crippen LogP contribution is 2.46. The lowest BCUT2D eigenvalue weighted by molar-refractivity contribution is 0.497. The van der Waals surface area contributed by atoms with Crippen molar-refractivity contribution in [1.29, 1.82) is 0 Å². The van der Waals surface area contributed by atoms with E-state index in [1.54, 1.807) is 22.7 Å². The van der Waals surface area contributed by atoms with Gasteiger partial charge in [-0.2, -0.15) is 0 Å². The summed E-state index contributed by atoms with van der Waals surface area (Å²) < 4.78 is 33.0. The molecule has 0 unspecified atom stereocenters. The van der Waals surface area contributed by atoms with Crippen molar-refractivity contribution in [3.8, 4) is 22.1 Å². The molecule has 0 amide bonds. The average Bonchev–Trinajstić information content (AvgIpc) is 3.68. The number of pyridine rings is 1. The number of rotatable bonds is 4. The molecule has 0 bridgehead atoms. The van der Waals surface area contributed by atoms with E-state index in [9.17, 15) is 0 Å². The lowest BCUT2D eigenvalue weighted by Crippen LogP contribution is -2.23. The first-order valence-electron chi connectivity index (χ1n) is 14.4. The molecule has 0 saturated carbocycles. The number of hydrogen-bond acceptors (Lipinski definition) is 6. The Morgan fingerprint density at radius 3 is 2.64 bits per heavy atom. The van der Waals surface area contributed by atoms with Crippen LogP contribution in [0.5, 0.6) is 10.8 Å². The lowest BCUT2D eigenvalue weighted by atomic mass is 9.87. The summed E-state index contributed by atoms with van der Waals surface area (Å²) in [6.07, 6.45) is 1.90. The van der Waals surface area contributed by atoms with Crippen LogP contribution in [0.2, 0.25) is 0 Å². The predicted octanol–water partition coefficient (Wildman–Crippen LogP) is 9.81. The Kier molecular flexibility index (Phi) is 4.91. The van der Waals surface area contributed by atoms with Gasteiger partial charge in [-0.1, -0.05) is 50.3 Å².